The number of rotatable bonds is 7. The van der Waals surface area contributed by atoms with Gasteiger partial charge in [-0.15, -0.1) is 0 Å². The van der Waals surface area contributed by atoms with Gasteiger partial charge in [-0.05, 0) is 54.3 Å². The van der Waals surface area contributed by atoms with Crippen molar-refractivity contribution in [3.05, 3.63) is 60.6 Å². The topological polar surface area (TPSA) is 99.3 Å². The third kappa shape index (κ3) is 4.94. The van der Waals surface area contributed by atoms with E-state index in [0.717, 1.165) is 27.7 Å². The van der Waals surface area contributed by atoms with E-state index >= 15 is 0 Å². The Bertz CT molecular complexity index is 1540. The number of carbonyl (C=O) groups excluding carboxylic acids is 1. The molecule has 0 spiro atoms. The molecule has 12 heteroatoms. The highest BCUT2D eigenvalue weighted by atomic mass is 19.4. The van der Waals surface area contributed by atoms with Crippen molar-refractivity contribution >= 4 is 28.7 Å². The summed E-state index contributed by atoms with van der Waals surface area (Å²) in [5.41, 5.74) is 2.38. The zero-order valence-electron chi connectivity index (χ0n) is 21.8. The second-order valence-corrected chi connectivity index (χ2v) is 10.2. The fourth-order valence-electron chi connectivity index (χ4n) is 5.19. The van der Waals surface area contributed by atoms with E-state index < -0.39 is 17.5 Å². The molecule has 208 valence electrons. The number of alkyl halides is 3. The van der Waals surface area contributed by atoms with Gasteiger partial charge in [-0.2, -0.15) is 13.2 Å². The second-order valence-electron chi connectivity index (χ2n) is 10.2. The summed E-state index contributed by atoms with van der Waals surface area (Å²) in [5, 5.41) is 3.22. The predicted molar refractivity (Wildman–Crippen MR) is 143 cm³/mol. The van der Waals surface area contributed by atoms with Gasteiger partial charge in [-0.1, -0.05) is 6.07 Å². The summed E-state index contributed by atoms with van der Waals surface area (Å²) in [7, 11) is 1.61. The minimum absolute atomic E-state index is 0.103. The van der Waals surface area contributed by atoms with Gasteiger partial charge in [0.05, 0.1) is 24.3 Å². The normalized spacial score (nSPS) is 17.1. The van der Waals surface area contributed by atoms with Gasteiger partial charge in [0.25, 0.3) is 0 Å². The molecular weight excluding hydrogens is 523 g/mol. The molecule has 2 aliphatic rings. The number of hydrogen-bond acceptors (Lipinski definition) is 7. The number of halogens is 3. The van der Waals surface area contributed by atoms with Crippen LogP contribution in [0.15, 0.2) is 55.0 Å². The number of piperazine rings is 1. The molecular formula is C28H28F3N7O2. The van der Waals surface area contributed by atoms with Crippen LogP contribution < -0.4 is 10.1 Å². The molecule has 40 heavy (non-hydrogen) atoms. The third-order valence-electron chi connectivity index (χ3n) is 7.64. The highest BCUT2D eigenvalue weighted by Gasteiger charge is 2.69. The number of H-pyrrole nitrogens is 1. The van der Waals surface area contributed by atoms with Crippen LogP contribution in [-0.2, 0) is 11.3 Å². The number of fused-ring (bicyclic) bond motifs is 1. The molecule has 1 saturated heterocycles. The summed E-state index contributed by atoms with van der Waals surface area (Å²) in [4.78, 5) is 32.5. The number of carbonyl (C=O) groups is 1. The lowest BCUT2D eigenvalue weighted by Crippen LogP contribution is -2.52. The Morgan fingerprint density at radius 2 is 1.90 bits per heavy atom. The Morgan fingerprint density at radius 3 is 2.62 bits per heavy atom. The number of methoxy groups -OCH3 is 1. The average Bonchev–Trinajstić information content (AvgIpc) is 3.68. The molecule has 4 aromatic rings. The first-order valence-electron chi connectivity index (χ1n) is 13.0. The van der Waals surface area contributed by atoms with E-state index in [-0.39, 0.29) is 12.8 Å². The van der Waals surface area contributed by atoms with Gasteiger partial charge >= 0.3 is 6.18 Å². The van der Waals surface area contributed by atoms with Crippen molar-refractivity contribution in [2.75, 3.05) is 38.6 Å². The molecule has 3 aromatic heterocycles. The van der Waals surface area contributed by atoms with Crippen molar-refractivity contribution < 1.29 is 22.7 Å². The Labute approximate surface area is 228 Å². The van der Waals surface area contributed by atoms with Crippen LogP contribution in [0.3, 0.4) is 0 Å². The van der Waals surface area contributed by atoms with E-state index in [0.29, 0.717) is 50.2 Å². The van der Waals surface area contributed by atoms with Crippen LogP contribution in [-0.4, -0.2) is 75.1 Å². The summed E-state index contributed by atoms with van der Waals surface area (Å²) < 4.78 is 45.5. The number of amides is 1. The maximum absolute atomic E-state index is 13.4. The number of ether oxygens (including phenoxy) is 1. The van der Waals surface area contributed by atoms with E-state index in [1.54, 1.807) is 25.7 Å². The van der Waals surface area contributed by atoms with Gasteiger partial charge in [0, 0.05) is 50.7 Å². The number of anilines is 2. The lowest BCUT2D eigenvalue weighted by molar-refractivity contribution is -0.199. The van der Waals surface area contributed by atoms with Gasteiger partial charge in [-0.25, -0.2) is 9.97 Å². The van der Waals surface area contributed by atoms with Crippen LogP contribution in [0.4, 0.5) is 24.9 Å². The largest absolute Gasteiger partial charge is 0.494 e. The maximum Gasteiger partial charge on any atom is 0.403 e. The number of aromatic nitrogens is 4. The van der Waals surface area contributed by atoms with Crippen molar-refractivity contribution in [1.82, 2.24) is 29.7 Å². The van der Waals surface area contributed by atoms with Crippen LogP contribution >= 0.6 is 0 Å². The molecule has 1 aromatic carbocycles. The van der Waals surface area contributed by atoms with Gasteiger partial charge in [0.15, 0.2) is 0 Å². The lowest BCUT2D eigenvalue weighted by atomic mass is 10.0. The van der Waals surface area contributed by atoms with Crippen molar-refractivity contribution in [2.45, 2.75) is 25.6 Å². The van der Waals surface area contributed by atoms with Gasteiger partial charge in [0.2, 0.25) is 11.9 Å². The number of nitrogens with one attached hydrogen (secondary N) is 2. The Hall–Kier alpha value is -4.19. The summed E-state index contributed by atoms with van der Waals surface area (Å²) in [6.45, 7) is 2.21. The molecule has 4 heterocycles. The number of imidazole rings is 1. The first-order valence-corrected chi connectivity index (χ1v) is 13.0. The van der Waals surface area contributed by atoms with Crippen LogP contribution in [0.1, 0.15) is 18.4 Å². The van der Waals surface area contributed by atoms with Crippen molar-refractivity contribution in [3.8, 4) is 16.9 Å². The first kappa shape index (κ1) is 26.1. The van der Waals surface area contributed by atoms with E-state index in [2.05, 4.69) is 30.2 Å². The van der Waals surface area contributed by atoms with E-state index in [4.69, 9.17) is 4.74 Å². The molecule has 1 saturated carbocycles. The molecule has 0 radical (unpaired) electrons. The standard InChI is InChI=1S/C28H28F3N7O2/c1-40-23-16-32-8-5-20(23)19-2-3-21-22(15-19)35-26(34-21)36-24-14-18(4-9-33-24)17-37-10-12-38(13-11-37)25(39)27(6-7-27)28(29,30)31/h2-5,8-9,14-16H,6-7,10-13,17H2,1H3,(H2,33,34,35,36). The number of aromatic amines is 1. The molecule has 1 aliphatic carbocycles. The van der Waals surface area contributed by atoms with Crippen LogP contribution in [0, 0.1) is 5.41 Å². The van der Waals surface area contributed by atoms with Crippen LogP contribution in [0.2, 0.25) is 0 Å². The molecule has 0 atom stereocenters. The number of benzene rings is 1. The third-order valence-corrected chi connectivity index (χ3v) is 7.64. The fraction of sp³-hybridized carbons (Fsp3) is 0.357. The molecule has 1 amide bonds. The highest BCUT2D eigenvalue weighted by molar-refractivity contribution is 5.86. The molecule has 1 aliphatic heterocycles. The summed E-state index contributed by atoms with van der Waals surface area (Å²) in [6, 6.07) is 11.6. The lowest BCUT2D eigenvalue weighted by Gasteiger charge is -2.37. The highest BCUT2D eigenvalue weighted by Crippen LogP contribution is 2.58. The van der Waals surface area contributed by atoms with E-state index in [1.807, 2.05) is 36.4 Å². The Morgan fingerprint density at radius 1 is 1.10 bits per heavy atom. The molecule has 9 nitrogen and oxygen atoms in total. The molecule has 0 bridgehead atoms. The first-order chi connectivity index (χ1) is 19.3. The Kier molecular flexibility index (Phi) is 6.57. The quantitative estimate of drug-likeness (QED) is 0.342. The smallest absolute Gasteiger partial charge is 0.403 e. The van der Waals surface area contributed by atoms with E-state index in [9.17, 15) is 18.0 Å². The van der Waals surface area contributed by atoms with Crippen molar-refractivity contribution in [1.29, 1.82) is 0 Å². The SMILES string of the molecule is COc1cnccc1-c1ccc2nc(Nc3cc(CN4CCN(C(=O)C5(C(F)(F)F)CC5)CC4)ccn3)[nH]c2c1. The Balaban J connectivity index is 1.09. The minimum atomic E-state index is -4.48. The van der Waals surface area contributed by atoms with Crippen LogP contribution in [0.5, 0.6) is 5.75 Å². The number of hydrogen-bond donors (Lipinski definition) is 2. The van der Waals surface area contributed by atoms with Gasteiger partial charge < -0.3 is 19.9 Å². The fourth-order valence-corrected chi connectivity index (χ4v) is 5.19. The second kappa shape index (κ2) is 10.1. The van der Waals surface area contributed by atoms with Crippen LogP contribution in [0.25, 0.3) is 22.2 Å². The number of pyridine rings is 2. The summed E-state index contributed by atoms with van der Waals surface area (Å²) in [6.07, 6.45) is 0.416. The van der Waals surface area contributed by atoms with Crippen molar-refractivity contribution in [3.63, 3.8) is 0 Å². The zero-order valence-corrected chi connectivity index (χ0v) is 21.8. The summed E-state index contributed by atoms with van der Waals surface area (Å²) >= 11 is 0. The predicted octanol–water partition coefficient (Wildman–Crippen LogP) is 4.76. The molecule has 6 rings (SSSR count). The average molecular weight is 552 g/mol. The maximum atomic E-state index is 13.4. The monoisotopic (exact) mass is 551 g/mol. The summed E-state index contributed by atoms with van der Waals surface area (Å²) in [5.74, 6) is 1.07. The molecule has 2 N–H and O–H groups in total. The van der Waals surface area contributed by atoms with Gasteiger partial charge in [0.1, 0.15) is 17.0 Å². The number of nitrogens with zero attached hydrogens (tertiary/aromatic N) is 5. The van der Waals surface area contributed by atoms with Crippen molar-refractivity contribution in [2.24, 2.45) is 5.41 Å². The van der Waals surface area contributed by atoms with E-state index in [1.165, 1.54) is 4.90 Å². The molecule has 2 fully saturated rings. The molecule has 0 unspecified atom stereocenters. The minimum Gasteiger partial charge on any atom is -0.494 e. The zero-order chi connectivity index (χ0) is 27.9. The van der Waals surface area contributed by atoms with Gasteiger partial charge in [-0.3, -0.25) is 14.7 Å².